The monoisotopic (exact) mass is 411 g/mol. The number of thiophene rings is 1. The number of piperidine rings is 1. The fourth-order valence-electron chi connectivity index (χ4n) is 4.09. The third-order valence-corrected chi connectivity index (χ3v) is 7.12. The van der Waals surface area contributed by atoms with Crippen LogP contribution in [0.2, 0.25) is 4.34 Å². The first-order valence-electron chi connectivity index (χ1n) is 9.47. The van der Waals surface area contributed by atoms with Gasteiger partial charge in [0.05, 0.1) is 11.0 Å². The predicted molar refractivity (Wildman–Crippen MR) is 106 cm³/mol. The number of nitrogens with one attached hydrogen (secondary N) is 1. The number of hydrogen-bond acceptors (Lipinski definition) is 6. The van der Waals surface area contributed by atoms with Crippen LogP contribution in [0, 0.1) is 0 Å². The number of rotatable bonds is 4. The number of carbonyl (C=O) groups excluding carboxylic acids is 2. The third kappa shape index (κ3) is 4.00. The van der Waals surface area contributed by atoms with Crippen LogP contribution in [-0.4, -0.2) is 90.1 Å². The second kappa shape index (κ2) is 7.67. The Labute approximate surface area is 168 Å². The van der Waals surface area contributed by atoms with Crippen molar-refractivity contribution in [2.24, 2.45) is 0 Å². The van der Waals surface area contributed by atoms with Gasteiger partial charge in [0, 0.05) is 50.7 Å². The van der Waals surface area contributed by atoms with E-state index < -0.39 is 5.54 Å². The fraction of sp³-hybridized carbons (Fsp3) is 0.667. The summed E-state index contributed by atoms with van der Waals surface area (Å²) in [5.74, 6) is -0.0451. The molecule has 0 atom stereocenters. The van der Waals surface area contributed by atoms with E-state index in [4.69, 9.17) is 11.6 Å². The number of imide groups is 1. The molecule has 3 saturated heterocycles. The highest BCUT2D eigenvalue weighted by atomic mass is 35.5. The van der Waals surface area contributed by atoms with Crippen molar-refractivity contribution >= 4 is 34.9 Å². The molecule has 3 fully saturated rings. The lowest BCUT2D eigenvalue weighted by atomic mass is 9.88. The Morgan fingerprint density at radius 3 is 2.37 bits per heavy atom. The SMILES string of the molecule is CN1CCC2(CC1)NC(=O)N(CN1CCN(Cc3ccc(Cl)s3)CC1)C2=O. The van der Waals surface area contributed by atoms with Crippen LogP contribution < -0.4 is 5.32 Å². The van der Waals surface area contributed by atoms with Crippen LogP contribution in [0.1, 0.15) is 17.7 Å². The van der Waals surface area contributed by atoms with Crippen LogP contribution in [0.15, 0.2) is 12.1 Å². The number of likely N-dealkylation sites (tertiary alicyclic amines) is 1. The van der Waals surface area contributed by atoms with E-state index in [2.05, 4.69) is 33.1 Å². The van der Waals surface area contributed by atoms with Crippen LogP contribution >= 0.6 is 22.9 Å². The quantitative estimate of drug-likeness (QED) is 0.761. The van der Waals surface area contributed by atoms with E-state index in [0.29, 0.717) is 19.5 Å². The molecule has 4 heterocycles. The van der Waals surface area contributed by atoms with Gasteiger partial charge < -0.3 is 10.2 Å². The Hall–Kier alpha value is -1.19. The van der Waals surface area contributed by atoms with Gasteiger partial charge in [-0.05, 0) is 32.0 Å². The lowest BCUT2D eigenvalue weighted by Gasteiger charge is -2.37. The Balaban J connectivity index is 1.30. The number of urea groups is 1. The standard InChI is InChI=1S/C18H26ClN5O2S/c1-21-6-4-18(5-7-21)16(25)24(17(26)20-18)13-23-10-8-22(9-11-23)12-14-2-3-15(19)27-14/h2-3H,4-13H2,1H3,(H,20,26). The Morgan fingerprint density at radius 1 is 1.07 bits per heavy atom. The molecule has 3 aliphatic rings. The maximum Gasteiger partial charge on any atom is 0.326 e. The van der Waals surface area contributed by atoms with Crippen LogP contribution in [-0.2, 0) is 11.3 Å². The van der Waals surface area contributed by atoms with Gasteiger partial charge in [0.2, 0.25) is 0 Å². The molecule has 0 unspecified atom stereocenters. The molecule has 148 valence electrons. The molecule has 0 aromatic carbocycles. The van der Waals surface area contributed by atoms with E-state index in [9.17, 15) is 9.59 Å². The van der Waals surface area contributed by atoms with E-state index in [1.54, 1.807) is 11.3 Å². The average Bonchev–Trinajstić information content (AvgIpc) is 3.16. The average molecular weight is 412 g/mol. The van der Waals surface area contributed by atoms with Crippen LogP contribution in [0.3, 0.4) is 0 Å². The van der Waals surface area contributed by atoms with E-state index in [1.165, 1.54) is 9.78 Å². The molecule has 3 aliphatic heterocycles. The first kappa shape index (κ1) is 19.1. The summed E-state index contributed by atoms with van der Waals surface area (Å²) >= 11 is 7.63. The van der Waals surface area contributed by atoms with E-state index in [1.807, 2.05) is 6.07 Å². The van der Waals surface area contributed by atoms with Crippen molar-refractivity contribution in [3.63, 3.8) is 0 Å². The first-order valence-corrected chi connectivity index (χ1v) is 10.7. The minimum Gasteiger partial charge on any atom is -0.323 e. The molecule has 7 nitrogen and oxygen atoms in total. The molecule has 0 aliphatic carbocycles. The number of hydrogen-bond donors (Lipinski definition) is 1. The number of nitrogens with zero attached hydrogens (tertiary/aromatic N) is 4. The van der Waals surface area contributed by atoms with E-state index in [-0.39, 0.29) is 11.9 Å². The molecule has 9 heteroatoms. The van der Waals surface area contributed by atoms with Crippen molar-refractivity contribution in [3.8, 4) is 0 Å². The van der Waals surface area contributed by atoms with Gasteiger partial charge in [0.25, 0.3) is 5.91 Å². The highest BCUT2D eigenvalue weighted by Crippen LogP contribution is 2.29. The third-order valence-electron chi connectivity index (χ3n) is 5.90. The maximum atomic E-state index is 13.0. The minimum atomic E-state index is -0.677. The maximum absolute atomic E-state index is 13.0. The van der Waals surface area contributed by atoms with Crippen molar-refractivity contribution in [2.75, 3.05) is 53.0 Å². The lowest BCUT2D eigenvalue weighted by Crippen LogP contribution is -2.55. The smallest absolute Gasteiger partial charge is 0.323 e. The molecule has 27 heavy (non-hydrogen) atoms. The van der Waals surface area contributed by atoms with Gasteiger partial charge in [0.15, 0.2) is 0 Å². The highest BCUT2D eigenvalue weighted by molar-refractivity contribution is 7.16. The molecule has 1 N–H and O–H groups in total. The second-order valence-electron chi connectivity index (χ2n) is 7.79. The summed E-state index contributed by atoms with van der Waals surface area (Å²) in [5, 5.41) is 2.99. The van der Waals surface area contributed by atoms with Gasteiger partial charge >= 0.3 is 6.03 Å². The van der Waals surface area contributed by atoms with Gasteiger partial charge in [-0.15, -0.1) is 11.3 Å². The summed E-state index contributed by atoms with van der Waals surface area (Å²) in [5.41, 5.74) is -0.677. The fourth-order valence-corrected chi connectivity index (χ4v) is 5.22. The van der Waals surface area contributed by atoms with Gasteiger partial charge in [0.1, 0.15) is 5.54 Å². The Bertz CT molecular complexity index is 710. The molecule has 1 aromatic heterocycles. The van der Waals surface area contributed by atoms with Gasteiger partial charge in [-0.1, -0.05) is 11.6 Å². The zero-order valence-electron chi connectivity index (χ0n) is 15.6. The van der Waals surface area contributed by atoms with E-state index >= 15 is 0 Å². The summed E-state index contributed by atoms with van der Waals surface area (Å²) in [6.45, 7) is 6.53. The molecular formula is C18H26ClN5O2S. The second-order valence-corrected chi connectivity index (χ2v) is 9.59. The summed E-state index contributed by atoms with van der Waals surface area (Å²) < 4.78 is 0.824. The number of carbonyl (C=O) groups is 2. The zero-order valence-corrected chi connectivity index (χ0v) is 17.2. The summed E-state index contributed by atoms with van der Waals surface area (Å²) in [6.07, 6.45) is 1.39. The molecule has 0 bridgehead atoms. The topological polar surface area (TPSA) is 59.1 Å². The number of halogens is 1. The van der Waals surface area contributed by atoms with Crippen molar-refractivity contribution < 1.29 is 9.59 Å². The number of amides is 3. The van der Waals surface area contributed by atoms with Crippen molar-refractivity contribution in [2.45, 2.75) is 24.9 Å². The van der Waals surface area contributed by atoms with Crippen molar-refractivity contribution in [1.29, 1.82) is 0 Å². The largest absolute Gasteiger partial charge is 0.326 e. The minimum absolute atomic E-state index is 0.0451. The lowest BCUT2D eigenvalue weighted by molar-refractivity contribution is -0.134. The van der Waals surface area contributed by atoms with Crippen LogP contribution in [0.4, 0.5) is 4.79 Å². The molecule has 1 aromatic rings. The number of piperazine rings is 1. The molecule has 0 saturated carbocycles. The zero-order chi connectivity index (χ0) is 19.0. The molecule has 0 radical (unpaired) electrons. The molecule has 1 spiro atoms. The molecule has 3 amide bonds. The van der Waals surface area contributed by atoms with Gasteiger partial charge in [-0.25, -0.2) is 9.69 Å². The van der Waals surface area contributed by atoms with Gasteiger partial charge in [-0.3, -0.25) is 14.6 Å². The predicted octanol–water partition coefficient (Wildman–Crippen LogP) is 1.49. The van der Waals surface area contributed by atoms with Crippen molar-refractivity contribution in [1.82, 2.24) is 24.9 Å². The molecular weight excluding hydrogens is 386 g/mol. The summed E-state index contributed by atoms with van der Waals surface area (Å²) in [4.78, 5) is 34.9. The first-order chi connectivity index (χ1) is 12.9. The normalized spacial score (nSPS) is 24.7. The van der Waals surface area contributed by atoms with E-state index in [0.717, 1.165) is 50.1 Å². The Kier molecular flexibility index (Phi) is 5.44. The van der Waals surface area contributed by atoms with Gasteiger partial charge in [-0.2, -0.15) is 0 Å². The molecule has 4 rings (SSSR count). The Morgan fingerprint density at radius 2 is 1.74 bits per heavy atom. The van der Waals surface area contributed by atoms with Crippen molar-refractivity contribution in [3.05, 3.63) is 21.3 Å². The van der Waals surface area contributed by atoms with Crippen LogP contribution in [0.25, 0.3) is 0 Å². The van der Waals surface area contributed by atoms with Crippen LogP contribution in [0.5, 0.6) is 0 Å². The highest BCUT2D eigenvalue weighted by Gasteiger charge is 2.52. The summed E-state index contributed by atoms with van der Waals surface area (Å²) in [6, 6.07) is 3.78. The summed E-state index contributed by atoms with van der Waals surface area (Å²) in [7, 11) is 2.05.